The molecule has 0 radical (unpaired) electrons. The summed E-state index contributed by atoms with van der Waals surface area (Å²) in [6.45, 7) is 3.00. The number of nitrogens with two attached hydrogens (primary N) is 1. The van der Waals surface area contributed by atoms with Crippen LogP contribution in [0.4, 0.5) is 5.69 Å². The minimum atomic E-state index is -0.565. The number of H-pyrrole nitrogens is 1. The van der Waals surface area contributed by atoms with Crippen molar-refractivity contribution < 1.29 is 14.7 Å². The van der Waals surface area contributed by atoms with E-state index in [2.05, 4.69) is 15.2 Å². The zero-order valence-electron chi connectivity index (χ0n) is 20.0. The van der Waals surface area contributed by atoms with Gasteiger partial charge in [0.15, 0.2) is 0 Å². The predicted molar refractivity (Wildman–Crippen MR) is 141 cm³/mol. The molecule has 1 atom stereocenters. The molecule has 0 spiro atoms. The molecule has 0 aliphatic carbocycles. The normalized spacial score (nSPS) is 17.9. The number of benzene rings is 2. The van der Waals surface area contributed by atoms with Crippen LogP contribution in [0.5, 0.6) is 0 Å². The number of nitrogen functional groups attached to an aromatic ring is 1. The molecule has 2 aliphatic rings. The first kappa shape index (κ1) is 22.6. The lowest BCUT2D eigenvalue weighted by Gasteiger charge is -2.28. The van der Waals surface area contributed by atoms with E-state index in [1.807, 2.05) is 53.2 Å². The van der Waals surface area contributed by atoms with Crippen LogP contribution >= 0.6 is 0 Å². The van der Waals surface area contributed by atoms with Crippen LogP contribution in [0.1, 0.15) is 30.4 Å². The second-order valence-corrected chi connectivity index (χ2v) is 9.77. The van der Waals surface area contributed by atoms with Crippen LogP contribution in [-0.2, 0) is 16.1 Å². The van der Waals surface area contributed by atoms with Gasteiger partial charge in [0.2, 0.25) is 0 Å². The van der Waals surface area contributed by atoms with Crippen molar-refractivity contribution in [2.75, 3.05) is 25.4 Å². The first-order valence-corrected chi connectivity index (χ1v) is 12.4. The number of hydrogen-bond donors (Lipinski definition) is 4. The topological polar surface area (TPSA) is 116 Å². The van der Waals surface area contributed by atoms with E-state index in [0.29, 0.717) is 41.1 Å². The number of aliphatic hydroxyl groups is 1. The molecule has 2 aromatic carbocycles. The van der Waals surface area contributed by atoms with Crippen LogP contribution in [0.15, 0.2) is 54.9 Å². The first-order valence-electron chi connectivity index (χ1n) is 12.4. The second kappa shape index (κ2) is 8.96. The summed E-state index contributed by atoms with van der Waals surface area (Å²) in [6, 6.07) is 13.2. The van der Waals surface area contributed by atoms with Crippen molar-refractivity contribution in [1.82, 2.24) is 19.8 Å². The van der Waals surface area contributed by atoms with Crippen molar-refractivity contribution in [3.05, 3.63) is 66.0 Å². The van der Waals surface area contributed by atoms with E-state index >= 15 is 0 Å². The molecule has 4 heterocycles. The molecular weight excluding hydrogens is 454 g/mol. The fourth-order valence-electron chi connectivity index (χ4n) is 5.64. The number of piperidine rings is 1. The fourth-order valence-corrected chi connectivity index (χ4v) is 5.64. The van der Waals surface area contributed by atoms with Crippen LogP contribution in [0.2, 0.25) is 0 Å². The maximum Gasteiger partial charge on any atom is 0.259 e. The van der Waals surface area contributed by atoms with E-state index in [4.69, 9.17) is 5.73 Å². The van der Waals surface area contributed by atoms with Crippen molar-refractivity contribution in [2.45, 2.75) is 31.9 Å². The van der Waals surface area contributed by atoms with Crippen molar-refractivity contribution >= 4 is 50.5 Å². The third-order valence-corrected chi connectivity index (χ3v) is 7.29. The van der Waals surface area contributed by atoms with Gasteiger partial charge in [0.05, 0.1) is 17.3 Å². The lowest BCUT2D eigenvalue weighted by atomic mass is 9.95. The number of nitrogens with zero attached hydrogens (tertiary/aromatic N) is 2. The number of likely N-dealkylation sites (tertiary alicyclic amines) is 1. The third kappa shape index (κ3) is 3.88. The molecule has 4 aromatic rings. The maximum absolute atomic E-state index is 13.2. The molecule has 2 aliphatic heterocycles. The van der Waals surface area contributed by atoms with Gasteiger partial charge in [-0.25, -0.2) is 0 Å². The largest absolute Gasteiger partial charge is 0.399 e. The van der Waals surface area contributed by atoms with Gasteiger partial charge in [-0.15, -0.1) is 0 Å². The Bertz CT molecular complexity index is 1520. The van der Waals surface area contributed by atoms with Gasteiger partial charge in [-0.05, 0) is 50.2 Å². The SMILES string of the molecule is Nc1ccc2c(c1)c(C1=C(c3c[nH]c4ccccc34)C(=O)NC1=O)cn2CC(O)CN1CCCCC1. The number of rotatable bonds is 6. The minimum absolute atomic E-state index is 0.324. The molecule has 8 nitrogen and oxygen atoms in total. The number of carbonyl (C=O) groups is 2. The van der Waals surface area contributed by atoms with Gasteiger partial charge in [-0.1, -0.05) is 24.6 Å². The molecule has 5 N–H and O–H groups in total. The summed E-state index contributed by atoms with van der Waals surface area (Å²) in [5.74, 6) is -0.856. The molecular formula is C28H29N5O3. The van der Waals surface area contributed by atoms with Gasteiger partial charge in [-0.3, -0.25) is 14.9 Å². The predicted octanol–water partition coefficient (Wildman–Crippen LogP) is 3.12. The maximum atomic E-state index is 13.2. The van der Waals surface area contributed by atoms with Gasteiger partial charge in [0, 0.05) is 64.1 Å². The average molecular weight is 484 g/mol. The highest BCUT2D eigenvalue weighted by Crippen LogP contribution is 2.38. The van der Waals surface area contributed by atoms with Crippen molar-refractivity contribution in [2.24, 2.45) is 0 Å². The number of anilines is 1. The van der Waals surface area contributed by atoms with Crippen LogP contribution in [0.3, 0.4) is 0 Å². The minimum Gasteiger partial charge on any atom is -0.399 e. The number of β-amino-alcohol motifs (C(OH)–C–C–N with tert-alkyl or cyclic N) is 1. The molecule has 1 saturated heterocycles. The Morgan fingerprint density at radius 1 is 0.917 bits per heavy atom. The highest BCUT2D eigenvalue weighted by Gasteiger charge is 2.35. The summed E-state index contributed by atoms with van der Waals surface area (Å²) in [4.78, 5) is 31.7. The number of imide groups is 1. The van der Waals surface area contributed by atoms with E-state index in [0.717, 1.165) is 47.7 Å². The standard InChI is InChI=1S/C28H29N5O3/c29-17-8-9-24-20(12-17)22(16-33(24)15-18(34)14-32-10-4-1-5-11-32)26-25(27(35)31-28(26)36)21-13-30-23-7-3-2-6-19(21)23/h2-3,6-9,12-13,16,18,30,34H,1,4-5,10-11,14-15,29H2,(H,31,35,36). The van der Waals surface area contributed by atoms with Gasteiger partial charge >= 0.3 is 0 Å². The molecule has 6 rings (SSSR count). The van der Waals surface area contributed by atoms with E-state index in [9.17, 15) is 14.7 Å². The quantitative estimate of drug-likeness (QED) is 0.248. The highest BCUT2D eigenvalue weighted by molar-refractivity contribution is 6.50. The van der Waals surface area contributed by atoms with Crippen LogP contribution in [0.25, 0.3) is 33.0 Å². The van der Waals surface area contributed by atoms with E-state index in [-0.39, 0.29) is 0 Å². The molecule has 36 heavy (non-hydrogen) atoms. The Labute approximate surface area is 208 Å². The number of aromatic nitrogens is 2. The van der Waals surface area contributed by atoms with E-state index in [1.165, 1.54) is 6.42 Å². The average Bonchev–Trinajstić information content (AvgIpc) is 3.52. The summed E-state index contributed by atoms with van der Waals surface area (Å²) < 4.78 is 1.97. The molecule has 1 unspecified atom stereocenters. The van der Waals surface area contributed by atoms with Crippen LogP contribution in [0, 0.1) is 0 Å². The Morgan fingerprint density at radius 3 is 2.47 bits per heavy atom. The van der Waals surface area contributed by atoms with Crippen molar-refractivity contribution in [1.29, 1.82) is 0 Å². The summed E-state index contributed by atoms with van der Waals surface area (Å²) in [7, 11) is 0. The number of aromatic amines is 1. The summed E-state index contributed by atoms with van der Waals surface area (Å²) in [6.07, 6.45) is 6.64. The Kier molecular flexibility index (Phi) is 5.62. The molecule has 8 heteroatoms. The molecule has 0 saturated carbocycles. The molecule has 0 bridgehead atoms. The van der Waals surface area contributed by atoms with E-state index < -0.39 is 17.9 Å². The number of para-hydroxylation sites is 1. The number of aliphatic hydroxyl groups excluding tert-OH is 1. The lowest BCUT2D eigenvalue weighted by Crippen LogP contribution is -2.37. The number of fused-ring (bicyclic) bond motifs is 2. The number of amides is 2. The van der Waals surface area contributed by atoms with Gasteiger partial charge in [0.1, 0.15) is 0 Å². The first-order chi connectivity index (χ1) is 17.5. The van der Waals surface area contributed by atoms with Crippen molar-refractivity contribution in [3.63, 3.8) is 0 Å². The highest BCUT2D eigenvalue weighted by atomic mass is 16.3. The second-order valence-electron chi connectivity index (χ2n) is 9.77. The number of carbonyl (C=O) groups excluding carboxylic acids is 2. The van der Waals surface area contributed by atoms with E-state index in [1.54, 1.807) is 6.20 Å². The van der Waals surface area contributed by atoms with Crippen molar-refractivity contribution in [3.8, 4) is 0 Å². The zero-order valence-corrected chi connectivity index (χ0v) is 20.0. The number of hydrogen-bond acceptors (Lipinski definition) is 5. The molecule has 184 valence electrons. The summed E-state index contributed by atoms with van der Waals surface area (Å²) >= 11 is 0. The third-order valence-electron chi connectivity index (χ3n) is 7.29. The van der Waals surface area contributed by atoms with Gasteiger partial charge in [0.25, 0.3) is 11.8 Å². The molecule has 1 fully saturated rings. The Hall–Kier alpha value is -3.88. The Morgan fingerprint density at radius 2 is 1.67 bits per heavy atom. The van der Waals surface area contributed by atoms with Gasteiger partial charge in [-0.2, -0.15) is 0 Å². The smallest absolute Gasteiger partial charge is 0.259 e. The lowest BCUT2D eigenvalue weighted by molar-refractivity contribution is -0.122. The summed E-state index contributed by atoms with van der Waals surface area (Å²) in [5.41, 5.74) is 10.4. The fraction of sp³-hybridized carbons (Fsp3) is 0.286. The monoisotopic (exact) mass is 483 g/mol. The van der Waals surface area contributed by atoms with Gasteiger partial charge < -0.3 is 25.3 Å². The zero-order chi connectivity index (χ0) is 24.8. The molecule has 2 amide bonds. The van der Waals surface area contributed by atoms with Crippen LogP contribution < -0.4 is 11.1 Å². The molecule has 2 aromatic heterocycles. The summed E-state index contributed by atoms with van der Waals surface area (Å²) in [5, 5.41) is 15.1. The Balaban J connectivity index is 1.46. The van der Waals surface area contributed by atoms with Crippen LogP contribution in [-0.4, -0.2) is 57.1 Å². The number of nitrogens with one attached hydrogen (secondary N) is 2.